The molecule has 2 aromatic carbocycles. The maximum Gasteiger partial charge on any atom is 0.291 e. The van der Waals surface area contributed by atoms with E-state index in [1.54, 1.807) is 29.2 Å². The van der Waals surface area contributed by atoms with E-state index in [0.29, 0.717) is 11.3 Å². The van der Waals surface area contributed by atoms with Crippen molar-refractivity contribution < 1.29 is 9.21 Å². The van der Waals surface area contributed by atoms with Crippen LogP contribution >= 0.6 is 23.1 Å². The van der Waals surface area contributed by atoms with Gasteiger partial charge in [-0.2, -0.15) is 11.3 Å². The van der Waals surface area contributed by atoms with E-state index in [4.69, 9.17) is 4.42 Å². The molecule has 2 heterocycles. The molecule has 0 unspecified atom stereocenters. The van der Waals surface area contributed by atoms with Crippen molar-refractivity contribution in [2.45, 2.75) is 10.6 Å². The molecule has 0 aliphatic carbocycles. The van der Waals surface area contributed by atoms with E-state index in [2.05, 4.69) is 22.1 Å². The van der Waals surface area contributed by atoms with Crippen LogP contribution in [0.25, 0.3) is 11.0 Å². The molecule has 1 N–H and O–H groups in total. The zero-order chi connectivity index (χ0) is 17.1. The summed E-state index contributed by atoms with van der Waals surface area (Å²) < 4.78 is 5.64. The fraction of sp³-hybridized carbons (Fsp3) is 0.0500. The van der Waals surface area contributed by atoms with Crippen LogP contribution in [-0.2, 0) is 5.75 Å². The van der Waals surface area contributed by atoms with Gasteiger partial charge in [-0.3, -0.25) is 4.79 Å². The van der Waals surface area contributed by atoms with Crippen LogP contribution in [0.2, 0.25) is 0 Å². The first-order valence-corrected chi connectivity index (χ1v) is 9.75. The highest BCUT2D eigenvalue weighted by Crippen LogP contribution is 2.31. The molecule has 5 heteroatoms. The molecule has 2 aromatic heterocycles. The second kappa shape index (κ2) is 7.17. The molecule has 0 saturated heterocycles. The van der Waals surface area contributed by atoms with E-state index in [9.17, 15) is 4.79 Å². The number of hydrogen-bond donors (Lipinski definition) is 1. The smallest absolute Gasteiger partial charge is 0.291 e. The number of fused-ring (bicyclic) bond motifs is 1. The zero-order valence-corrected chi connectivity index (χ0v) is 14.9. The molecule has 3 nitrogen and oxygen atoms in total. The van der Waals surface area contributed by atoms with E-state index in [1.165, 1.54) is 5.56 Å². The summed E-state index contributed by atoms with van der Waals surface area (Å²) in [6, 6.07) is 19.3. The van der Waals surface area contributed by atoms with Gasteiger partial charge in [-0.15, -0.1) is 11.8 Å². The Hall–Kier alpha value is -2.50. The lowest BCUT2D eigenvalue weighted by Gasteiger charge is -2.09. The standard InChI is InChI=1S/C20H15NO2S2/c22-20(18-11-15-5-1-3-7-17(15)23-18)21-16-6-2-4-8-19(16)25-13-14-9-10-24-12-14/h1-12H,13H2,(H,21,22). The van der Waals surface area contributed by atoms with Gasteiger partial charge < -0.3 is 9.73 Å². The fourth-order valence-electron chi connectivity index (χ4n) is 2.51. The van der Waals surface area contributed by atoms with Crippen LogP contribution in [0.1, 0.15) is 16.1 Å². The van der Waals surface area contributed by atoms with Crippen molar-refractivity contribution in [1.29, 1.82) is 0 Å². The van der Waals surface area contributed by atoms with Gasteiger partial charge in [-0.25, -0.2) is 0 Å². The summed E-state index contributed by atoms with van der Waals surface area (Å²) in [5, 5.41) is 8.11. The van der Waals surface area contributed by atoms with Crippen molar-refractivity contribution in [1.82, 2.24) is 0 Å². The predicted octanol–water partition coefficient (Wildman–Crippen LogP) is 6.04. The second-order valence-corrected chi connectivity index (χ2v) is 7.32. The molecule has 0 spiro atoms. The lowest BCUT2D eigenvalue weighted by atomic mass is 10.2. The van der Waals surface area contributed by atoms with Crippen LogP contribution in [0, 0.1) is 0 Å². The average Bonchev–Trinajstić information content (AvgIpc) is 3.30. The lowest BCUT2D eigenvalue weighted by Crippen LogP contribution is -2.11. The van der Waals surface area contributed by atoms with E-state index < -0.39 is 0 Å². The number of nitrogens with one attached hydrogen (secondary N) is 1. The maximum atomic E-state index is 12.6. The molecule has 1 amide bonds. The summed E-state index contributed by atoms with van der Waals surface area (Å²) in [7, 11) is 0. The molecule has 0 bridgehead atoms. The van der Waals surface area contributed by atoms with Gasteiger partial charge in [0, 0.05) is 16.0 Å². The van der Waals surface area contributed by atoms with Gasteiger partial charge in [0.15, 0.2) is 5.76 Å². The first-order valence-electron chi connectivity index (χ1n) is 7.82. The minimum atomic E-state index is -0.236. The van der Waals surface area contributed by atoms with E-state index in [-0.39, 0.29) is 5.91 Å². The van der Waals surface area contributed by atoms with Crippen LogP contribution in [0.5, 0.6) is 0 Å². The molecule has 4 aromatic rings. The molecular weight excluding hydrogens is 350 g/mol. The van der Waals surface area contributed by atoms with Crippen molar-refractivity contribution >= 4 is 45.7 Å². The molecule has 0 fully saturated rings. The quantitative estimate of drug-likeness (QED) is 0.438. The van der Waals surface area contributed by atoms with Gasteiger partial charge in [-0.05, 0) is 46.7 Å². The number of thiophene rings is 1. The Kier molecular flexibility index (Phi) is 4.59. The summed E-state index contributed by atoms with van der Waals surface area (Å²) in [6.07, 6.45) is 0. The molecule has 0 aliphatic rings. The highest BCUT2D eigenvalue weighted by molar-refractivity contribution is 7.98. The first kappa shape index (κ1) is 16.0. The van der Waals surface area contributed by atoms with E-state index in [0.717, 1.165) is 21.7 Å². The number of anilines is 1. The Morgan fingerprint density at radius 2 is 1.92 bits per heavy atom. The highest BCUT2D eigenvalue weighted by atomic mass is 32.2. The number of thioether (sulfide) groups is 1. The molecule has 25 heavy (non-hydrogen) atoms. The predicted molar refractivity (Wildman–Crippen MR) is 104 cm³/mol. The van der Waals surface area contributed by atoms with Crippen LogP contribution in [0.3, 0.4) is 0 Å². The van der Waals surface area contributed by atoms with Gasteiger partial charge in [0.2, 0.25) is 0 Å². The topological polar surface area (TPSA) is 42.2 Å². The van der Waals surface area contributed by atoms with E-state index in [1.807, 2.05) is 48.5 Å². The Bertz CT molecular complexity index is 972. The summed E-state index contributed by atoms with van der Waals surface area (Å²) in [4.78, 5) is 13.6. The highest BCUT2D eigenvalue weighted by Gasteiger charge is 2.14. The monoisotopic (exact) mass is 365 g/mol. The van der Waals surface area contributed by atoms with Crippen LogP contribution in [0.4, 0.5) is 5.69 Å². The Morgan fingerprint density at radius 1 is 1.08 bits per heavy atom. The minimum absolute atomic E-state index is 0.236. The molecular formula is C20H15NO2S2. The second-order valence-electron chi connectivity index (χ2n) is 5.52. The number of rotatable bonds is 5. The Balaban J connectivity index is 1.52. The SMILES string of the molecule is O=C(Nc1ccccc1SCc1ccsc1)c1cc2ccccc2o1. The number of benzene rings is 2. The number of para-hydroxylation sites is 2. The van der Waals surface area contributed by atoms with Crippen molar-refractivity contribution in [2.75, 3.05) is 5.32 Å². The molecule has 0 aliphatic heterocycles. The first-order chi connectivity index (χ1) is 12.3. The third kappa shape index (κ3) is 3.62. The lowest BCUT2D eigenvalue weighted by molar-refractivity contribution is 0.0998. The molecule has 4 rings (SSSR count). The van der Waals surface area contributed by atoms with Gasteiger partial charge in [0.05, 0.1) is 5.69 Å². The van der Waals surface area contributed by atoms with Crippen LogP contribution < -0.4 is 5.32 Å². The van der Waals surface area contributed by atoms with Gasteiger partial charge in [0.1, 0.15) is 5.58 Å². The average molecular weight is 365 g/mol. The van der Waals surface area contributed by atoms with Gasteiger partial charge in [-0.1, -0.05) is 30.3 Å². The van der Waals surface area contributed by atoms with Gasteiger partial charge in [0.25, 0.3) is 5.91 Å². The van der Waals surface area contributed by atoms with Crippen molar-refractivity contribution in [2.24, 2.45) is 0 Å². The molecule has 0 saturated carbocycles. The Morgan fingerprint density at radius 3 is 2.76 bits per heavy atom. The van der Waals surface area contributed by atoms with Crippen molar-refractivity contribution in [3.8, 4) is 0 Å². The number of furan rings is 1. The van der Waals surface area contributed by atoms with Gasteiger partial charge >= 0.3 is 0 Å². The zero-order valence-electron chi connectivity index (χ0n) is 13.3. The normalized spacial score (nSPS) is 10.9. The number of carbonyl (C=O) groups is 1. The minimum Gasteiger partial charge on any atom is -0.451 e. The van der Waals surface area contributed by atoms with Crippen molar-refractivity contribution in [3.63, 3.8) is 0 Å². The summed E-state index contributed by atoms with van der Waals surface area (Å²) in [5.41, 5.74) is 2.80. The maximum absolute atomic E-state index is 12.6. The number of carbonyl (C=O) groups excluding carboxylic acids is 1. The largest absolute Gasteiger partial charge is 0.451 e. The van der Waals surface area contributed by atoms with Crippen molar-refractivity contribution in [3.05, 3.63) is 82.7 Å². The number of hydrogen-bond acceptors (Lipinski definition) is 4. The Labute approximate surface area is 153 Å². The number of amides is 1. The van der Waals surface area contributed by atoms with Crippen LogP contribution in [-0.4, -0.2) is 5.91 Å². The fourth-order valence-corrected chi connectivity index (χ4v) is 4.23. The third-order valence-electron chi connectivity index (χ3n) is 3.76. The summed E-state index contributed by atoms with van der Waals surface area (Å²) in [6.45, 7) is 0. The molecule has 0 atom stereocenters. The summed E-state index contributed by atoms with van der Waals surface area (Å²) in [5.74, 6) is 0.958. The summed E-state index contributed by atoms with van der Waals surface area (Å²) >= 11 is 3.40. The molecule has 0 radical (unpaired) electrons. The molecule has 124 valence electrons. The van der Waals surface area contributed by atoms with Crippen LogP contribution in [0.15, 0.2) is 80.7 Å². The third-order valence-corrected chi connectivity index (χ3v) is 5.64. The van der Waals surface area contributed by atoms with E-state index >= 15 is 0 Å².